The van der Waals surface area contributed by atoms with Crippen molar-refractivity contribution in [3.63, 3.8) is 0 Å². The van der Waals surface area contributed by atoms with E-state index in [0.29, 0.717) is 10.0 Å². The minimum atomic E-state index is 0.348. The largest absolute Gasteiger partial charge is 0.497 e. The summed E-state index contributed by atoms with van der Waals surface area (Å²) in [5, 5.41) is 0.635. The molecule has 0 radical (unpaired) electrons. The molecule has 2 rings (SSSR count). The van der Waals surface area contributed by atoms with E-state index in [1.54, 1.807) is 13.2 Å². The molecule has 3 nitrogen and oxygen atoms in total. The molecule has 2 aromatic carbocycles. The van der Waals surface area contributed by atoms with Gasteiger partial charge in [-0.15, -0.1) is 0 Å². The van der Waals surface area contributed by atoms with Crippen LogP contribution in [0, 0.1) is 0 Å². The van der Waals surface area contributed by atoms with Gasteiger partial charge in [-0.3, -0.25) is 0 Å². The fourth-order valence-electron chi connectivity index (χ4n) is 2.06. The number of benzene rings is 2. The van der Waals surface area contributed by atoms with Gasteiger partial charge < -0.3 is 15.4 Å². The predicted molar refractivity (Wildman–Crippen MR) is 92.4 cm³/mol. The zero-order valence-electron chi connectivity index (χ0n) is 12.0. The van der Waals surface area contributed by atoms with Crippen LogP contribution in [-0.2, 0) is 6.54 Å². The maximum Gasteiger partial charge on any atom is 0.118 e. The van der Waals surface area contributed by atoms with Crippen LogP contribution in [0.3, 0.4) is 0 Å². The number of ether oxygens (including phenoxy) is 1. The Bertz CT molecular complexity index is 643. The normalized spacial score (nSPS) is 10.2. The van der Waals surface area contributed by atoms with Gasteiger partial charge in [-0.25, -0.2) is 0 Å². The van der Waals surface area contributed by atoms with E-state index < -0.39 is 0 Å². The fourth-order valence-corrected chi connectivity index (χ4v) is 2.51. The number of hydrogen-bond donors (Lipinski definition) is 1. The number of methoxy groups -OCH3 is 1. The Labute approximate surface area is 135 Å². The third-order valence-electron chi connectivity index (χ3n) is 3.22. The lowest BCUT2D eigenvalue weighted by Gasteiger charge is -2.21. The van der Waals surface area contributed by atoms with Crippen molar-refractivity contribution in [1.82, 2.24) is 0 Å². The first-order chi connectivity index (χ1) is 10.0. The van der Waals surface area contributed by atoms with Gasteiger partial charge in [0.15, 0.2) is 0 Å². The highest BCUT2D eigenvalue weighted by molar-refractivity contribution is 7.80. The van der Waals surface area contributed by atoms with Crippen molar-refractivity contribution in [1.29, 1.82) is 0 Å². The first kappa shape index (κ1) is 15.6. The third-order valence-corrected chi connectivity index (χ3v) is 3.76. The standard InChI is InChI=1S/C16H17ClN2OS/c1-19(10-11-3-6-13(20-2)7-4-11)15-8-5-12(16(18)21)9-14(15)17/h3-9H,10H2,1-2H3,(H2,18,21). The van der Waals surface area contributed by atoms with E-state index in [4.69, 9.17) is 34.3 Å². The quantitative estimate of drug-likeness (QED) is 0.854. The minimum absolute atomic E-state index is 0.348. The summed E-state index contributed by atoms with van der Waals surface area (Å²) in [4.78, 5) is 2.43. The van der Waals surface area contributed by atoms with Gasteiger partial charge in [0.2, 0.25) is 0 Å². The molecule has 0 aliphatic rings. The molecule has 0 aromatic heterocycles. The Morgan fingerprint density at radius 1 is 1.24 bits per heavy atom. The Hall–Kier alpha value is -1.78. The summed E-state index contributed by atoms with van der Waals surface area (Å²) in [6, 6.07) is 13.6. The van der Waals surface area contributed by atoms with Crippen LogP contribution >= 0.6 is 23.8 Å². The molecule has 0 aliphatic carbocycles. The van der Waals surface area contributed by atoms with Gasteiger partial charge in [0.25, 0.3) is 0 Å². The monoisotopic (exact) mass is 320 g/mol. The molecular formula is C16H17ClN2OS. The number of thiocarbonyl (C=S) groups is 1. The van der Waals surface area contributed by atoms with E-state index in [9.17, 15) is 0 Å². The van der Waals surface area contributed by atoms with Crippen LogP contribution < -0.4 is 15.4 Å². The molecular weight excluding hydrogens is 304 g/mol. The van der Waals surface area contributed by atoms with Crippen molar-refractivity contribution in [2.24, 2.45) is 5.73 Å². The predicted octanol–water partition coefficient (Wildman–Crippen LogP) is 3.62. The van der Waals surface area contributed by atoms with E-state index >= 15 is 0 Å². The Balaban J connectivity index is 2.15. The van der Waals surface area contributed by atoms with E-state index in [2.05, 4.69) is 4.90 Å². The number of nitrogens with two attached hydrogens (primary N) is 1. The molecule has 0 aliphatic heterocycles. The Kier molecular flexibility index (Phi) is 5.04. The molecule has 0 fully saturated rings. The SMILES string of the molecule is COc1ccc(CN(C)c2ccc(C(N)=S)cc2Cl)cc1. The Morgan fingerprint density at radius 2 is 1.90 bits per heavy atom. The Morgan fingerprint density at radius 3 is 2.43 bits per heavy atom. The van der Waals surface area contributed by atoms with Gasteiger partial charge in [0.1, 0.15) is 10.7 Å². The lowest BCUT2D eigenvalue weighted by molar-refractivity contribution is 0.414. The highest BCUT2D eigenvalue weighted by Gasteiger charge is 2.09. The average molecular weight is 321 g/mol. The molecule has 0 atom stereocenters. The maximum absolute atomic E-state index is 6.31. The zero-order valence-corrected chi connectivity index (χ0v) is 13.5. The molecule has 0 amide bonds. The first-order valence-electron chi connectivity index (χ1n) is 6.44. The molecule has 0 spiro atoms. The van der Waals surface area contributed by atoms with Crippen LogP contribution in [0.25, 0.3) is 0 Å². The third kappa shape index (κ3) is 3.86. The second-order valence-electron chi connectivity index (χ2n) is 4.73. The van der Waals surface area contributed by atoms with Crippen molar-refractivity contribution in [3.8, 4) is 5.75 Å². The van der Waals surface area contributed by atoms with Gasteiger partial charge in [0, 0.05) is 19.2 Å². The van der Waals surface area contributed by atoms with Crippen molar-refractivity contribution in [3.05, 3.63) is 58.6 Å². The van der Waals surface area contributed by atoms with Crippen LogP contribution in [0.1, 0.15) is 11.1 Å². The van der Waals surface area contributed by atoms with Crippen molar-refractivity contribution < 1.29 is 4.74 Å². The van der Waals surface area contributed by atoms with E-state index in [1.165, 1.54) is 5.56 Å². The van der Waals surface area contributed by atoms with Gasteiger partial charge in [-0.05, 0) is 35.9 Å². The summed E-state index contributed by atoms with van der Waals surface area (Å²) in [6.45, 7) is 0.746. The summed E-state index contributed by atoms with van der Waals surface area (Å²) in [7, 11) is 3.65. The number of hydrogen-bond acceptors (Lipinski definition) is 3. The lowest BCUT2D eigenvalue weighted by Crippen LogP contribution is -2.17. The molecule has 2 aromatic rings. The van der Waals surface area contributed by atoms with Crippen molar-refractivity contribution in [2.45, 2.75) is 6.54 Å². The van der Waals surface area contributed by atoms with Crippen LogP contribution in [0.4, 0.5) is 5.69 Å². The molecule has 0 unspecified atom stereocenters. The molecule has 110 valence electrons. The maximum atomic E-state index is 6.31. The fraction of sp³-hybridized carbons (Fsp3) is 0.188. The van der Waals surface area contributed by atoms with Crippen molar-refractivity contribution >= 4 is 34.5 Å². The smallest absolute Gasteiger partial charge is 0.118 e. The second-order valence-corrected chi connectivity index (χ2v) is 5.58. The van der Waals surface area contributed by atoms with Crippen LogP contribution in [0.2, 0.25) is 5.02 Å². The summed E-state index contributed by atoms with van der Waals surface area (Å²) >= 11 is 11.3. The topological polar surface area (TPSA) is 38.5 Å². The highest BCUT2D eigenvalue weighted by Crippen LogP contribution is 2.27. The number of anilines is 1. The molecule has 0 saturated heterocycles. The minimum Gasteiger partial charge on any atom is -0.497 e. The molecule has 0 saturated carbocycles. The van der Waals surface area contributed by atoms with Crippen molar-refractivity contribution in [2.75, 3.05) is 19.1 Å². The number of rotatable bonds is 5. The summed E-state index contributed by atoms with van der Waals surface area (Å²) in [6.07, 6.45) is 0. The number of halogens is 1. The molecule has 0 bridgehead atoms. The zero-order chi connectivity index (χ0) is 15.4. The van der Waals surface area contributed by atoms with Crippen LogP contribution in [0.5, 0.6) is 5.75 Å². The molecule has 2 N–H and O–H groups in total. The van der Waals surface area contributed by atoms with E-state index in [1.807, 2.05) is 43.4 Å². The average Bonchev–Trinajstić information content (AvgIpc) is 2.47. The van der Waals surface area contributed by atoms with Gasteiger partial charge >= 0.3 is 0 Å². The van der Waals surface area contributed by atoms with Gasteiger partial charge in [-0.1, -0.05) is 36.0 Å². The van der Waals surface area contributed by atoms with Crippen LogP contribution in [0.15, 0.2) is 42.5 Å². The van der Waals surface area contributed by atoms with E-state index in [-0.39, 0.29) is 0 Å². The highest BCUT2D eigenvalue weighted by atomic mass is 35.5. The molecule has 21 heavy (non-hydrogen) atoms. The lowest BCUT2D eigenvalue weighted by atomic mass is 10.1. The summed E-state index contributed by atoms with van der Waals surface area (Å²) < 4.78 is 5.15. The number of nitrogens with zero attached hydrogens (tertiary/aromatic N) is 1. The molecule has 0 heterocycles. The summed E-state index contributed by atoms with van der Waals surface area (Å²) in [5.74, 6) is 0.847. The van der Waals surface area contributed by atoms with Gasteiger partial charge in [-0.2, -0.15) is 0 Å². The second kappa shape index (κ2) is 6.78. The first-order valence-corrected chi connectivity index (χ1v) is 7.23. The van der Waals surface area contributed by atoms with Crippen LogP contribution in [-0.4, -0.2) is 19.1 Å². The summed E-state index contributed by atoms with van der Waals surface area (Å²) in [5.41, 5.74) is 8.49. The van der Waals surface area contributed by atoms with Gasteiger partial charge in [0.05, 0.1) is 17.8 Å². The molecule has 5 heteroatoms. The van der Waals surface area contributed by atoms with E-state index in [0.717, 1.165) is 23.5 Å².